The second-order valence-corrected chi connectivity index (χ2v) is 7.12. The van der Waals surface area contributed by atoms with Gasteiger partial charge in [-0.05, 0) is 13.5 Å². The molecule has 2 rings (SSSR count). The van der Waals surface area contributed by atoms with Crippen LogP contribution in [-0.2, 0) is 19.1 Å². The maximum Gasteiger partial charge on any atom is 0.356 e. The number of fused-ring (bicyclic) bond motifs is 1. The van der Waals surface area contributed by atoms with Gasteiger partial charge in [0, 0.05) is 11.4 Å². The third-order valence-electron chi connectivity index (χ3n) is 4.09. The van der Waals surface area contributed by atoms with Crippen LogP contribution in [0.3, 0.4) is 0 Å². The molecule has 9 heteroatoms. The molecule has 2 heterocycles. The van der Waals surface area contributed by atoms with Crippen LogP contribution in [0, 0.1) is 5.92 Å². The van der Waals surface area contributed by atoms with Crippen molar-refractivity contribution in [3.8, 4) is 0 Å². The molecule has 2 amide bonds. The number of carbonyl (C=O) groups is 3. The van der Waals surface area contributed by atoms with Crippen molar-refractivity contribution in [3.05, 3.63) is 23.3 Å². The molecule has 0 aromatic carbocycles. The number of rotatable bonds is 9. The van der Waals surface area contributed by atoms with Gasteiger partial charge in [-0.1, -0.05) is 19.6 Å². The number of thioether (sulfide) groups is 1. The Kier molecular flexibility index (Phi) is 6.26. The standard InChI is InChI=1S/C16H23N3O5S/c1-4-6-24-16(23)13-10(7-18(5-2)8-11(17)21)25-15-12(9(3)20)14(22)19(13)15/h4,9,12,15,20H,1,5-8H2,2-3H3,(H2,17,21)/t9-,12+,15-/m1/s1. The molecule has 3 N–H and O–H groups in total. The van der Waals surface area contributed by atoms with Gasteiger partial charge in [-0.3, -0.25) is 19.4 Å². The topological polar surface area (TPSA) is 113 Å². The fraction of sp³-hybridized carbons (Fsp3) is 0.562. The summed E-state index contributed by atoms with van der Waals surface area (Å²) in [7, 11) is 0. The summed E-state index contributed by atoms with van der Waals surface area (Å²) in [6.45, 7) is 7.87. The molecule has 0 unspecified atom stereocenters. The number of nitrogens with two attached hydrogens (primary N) is 1. The lowest BCUT2D eigenvalue weighted by molar-refractivity contribution is -0.158. The second-order valence-electron chi connectivity index (χ2n) is 5.91. The number of ether oxygens (including phenoxy) is 1. The van der Waals surface area contributed by atoms with Crippen LogP contribution >= 0.6 is 11.8 Å². The molecule has 0 bridgehead atoms. The van der Waals surface area contributed by atoms with E-state index in [2.05, 4.69) is 6.58 Å². The zero-order chi connectivity index (χ0) is 18.7. The van der Waals surface area contributed by atoms with Crippen LogP contribution in [0.25, 0.3) is 0 Å². The zero-order valence-electron chi connectivity index (χ0n) is 14.3. The van der Waals surface area contributed by atoms with E-state index in [1.54, 1.807) is 11.8 Å². The van der Waals surface area contributed by atoms with Crippen molar-refractivity contribution >= 4 is 29.5 Å². The molecule has 0 spiro atoms. The van der Waals surface area contributed by atoms with Gasteiger partial charge in [0.2, 0.25) is 11.8 Å². The van der Waals surface area contributed by atoms with Crippen molar-refractivity contribution in [1.82, 2.24) is 9.80 Å². The predicted octanol–water partition coefficient (Wildman–Crippen LogP) is -0.353. The van der Waals surface area contributed by atoms with E-state index in [9.17, 15) is 19.5 Å². The highest BCUT2D eigenvalue weighted by Gasteiger charge is 2.57. The highest BCUT2D eigenvalue weighted by Crippen LogP contribution is 2.50. The summed E-state index contributed by atoms with van der Waals surface area (Å²) in [4.78, 5) is 39.7. The Labute approximate surface area is 150 Å². The fourth-order valence-electron chi connectivity index (χ4n) is 2.86. The molecular formula is C16H23N3O5S. The van der Waals surface area contributed by atoms with Crippen LogP contribution in [0.1, 0.15) is 13.8 Å². The van der Waals surface area contributed by atoms with Crippen LogP contribution in [0.15, 0.2) is 23.3 Å². The fourth-order valence-corrected chi connectivity index (χ4v) is 4.51. The van der Waals surface area contributed by atoms with Gasteiger partial charge >= 0.3 is 5.97 Å². The SMILES string of the molecule is C=CCOC(=O)C1=C(CN(CC)CC(N)=O)S[C@@H]2[C@@H]([C@@H](C)O)C(=O)N12. The molecule has 138 valence electrons. The van der Waals surface area contributed by atoms with Gasteiger partial charge < -0.3 is 15.6 Å². The molecule has 3 atom stereocenters. The molecule has 0 aromatic heterocycles. The first-order valence-corrected chi connectivity index (χ1v) is 8.89. The summed E-state index contributed by atoms with van der Waals surface area (Å²) >= 11 is 1.35. The minimum Gasteiger partial charge on any atom is -0.457 e. The Bertz CT molecular complexity index is 619. The van der Waals surface area contributed by atoms with Gasteiger partial charge in [0.05, 0.1) is 18.6 Å². The van der Waals surface area contributed by atoms with Crippen LogP contribution in [0.5, 0.6) is 0 Å². The Morgan fingerprint density at radius 3 is 2.76 bits per heavy atom. The number of hydrogen-bond acceptors (Lipinski definition) is 7. The number of hydrogen-bond donors (Lipinski definition) is 2. The second kappa shape index (κ2) is 8.03. The Morgan fingerprint density at radius 1 is 1.56 bits per heavy atom. The lowest BCUT2D eigenvalue weighted by Gasteiger charge is -2.43. The van der Waals surface area contributed by atoms with Crippen molar-refractivity contribution in [3.63, 3.8) is 0 Å². The first kappa shape index (κ1) is 19.5. The number of likely N-dealkylation sites (N-methyl/N-ethyl adjacent to an activating group) is 1. The lowest BCUT2D eigenvalue weighted by atomic mass is 9.92. The summed E-state index contributed by atoms with van der Waals surface area (Å²) in [5.41, 5.74) is 5.43. The van der Waals surface area contributed by atoms with Gasteiger partial charge in [0.1, 0.15) is 17.7 Å². The summed E-state index contributed by atoms with van der Waals surface area (Å²) in [6, 6.07) is 0. The molecule has 0 aliphatic carbocycles. The molecule has 1 fully saturated rings. The van der Waals surface area contributed by atoms with Crippen molar-refractivity contribution in [2.45, 2.75) is 25.3 Å². The molecule has 0 radical (unpaired) electrons. The van der Waals surface area contributed by atoms with Crippen molar-refractivity contribution in [1.29, 1.82) is 0 Å². The maximum atomic E-state index is 12.4. The van der Waals surface area contributed by atoms with Gasteiger partial charge in [-0.2, -0.15) is 0 Å². The quantitative estimate of drug-likeness (QED) is 0.324. The maximum absolute atomic E-state index is 12.4. The monoisotopic (exact) mass is 369 g/mol. The van der Waals surface area contributed by atoms with E-state index in [1.165, 1.54) is 22.7 Å². The summed E-state index contributed by atoms with van der Waals surface area (Å²) < 4.78 is 5.10. The molecule has 1 saturated heterocycles. The van der Waals surface area contributed by atoms with Crippen LogP contribution in [-0.4, -0.2) is 70.4 Å². The number of amides is 2. The number of esters is 1. The normalized spacial score (nSPS) is 23.4. The smallest absolute Gasteiger partial charge is 0.356 e. The van der Waals surface area contributed by atoms with Crippen molar-refractivity contribution in [2.75, 3.05) is 26.2 Å². The predicted molar refractivity (Wildman–Crippen MR) is 92.9 cm³/mol. The molecule has 2 aliphatic heterocycles. The highest BCUT2D eigenvalue weighted by atomic mass is 32.2. The molecule has 0 aromatic rings. The summed E-state index contributed by atoms with van der Waals surface area (Å²) in [6.07, 6.45) is 0.638. The van der Waals surface area contributed by atoms with Gasteiger partial charge in [0.25, 0.3) is 0 Å². The van der Waals surface area contributed by atoms with Crippen LogP contribution in [0.4, 0.5) is 0 Å². The van der Waals surface area contributed by atoms with Crippen LogP contribution in [0.2, 0.25) is 0 Å². The zero-order valence-corrected chi connectivity index (χ0v) is 15.1. The number of aliphatic hydroxyl groups excluding tert-OH is 1. The number of nitrogens with zero attached hydrogens (tertiary/aromatic N) is 2. The van der Waals surface area contributed by atoms with Crippen molar-refractivity contribution in [2.24, 2.45) is 11.7 Å². The molecular weight excluding hydrogens is 346 g/mol. The number of aliphatic hydroxyl groups is 1. The minimum atomic E-state index is -0.807. The average molecular weight is 369 g/mol. The van der Waals surface area contributed by atoms with Crippen molar-refractivity contribution < 1.29 is 24.2 Å². The Balaban J connectivity index is 2.26. The third kappa shape index (κ3) is 3.88. The number of β-lactam (4-membered cyclic amide) rings is 1. The number of primary amides is 1. The molecule has 2 aliphatic rings. The van der Waals surface area contributed by atoms with E-state index in [1.807, 2.05) is 6.92 Å². The third-order valence-corrected chi connectivity index (χ3v) is 5.44. The minimum absolute atomic E-state index is 0.0333. The number of carbonyl (C=O) groups excluding carboxylic acids is 3. The van der Waals surface area contributed by atoms with Crippen LogP contribution < -0.4 is 5.73 Å². The Hall–Kier alpha value is -1.84. The molecule has 8 nitrogen and oxygen atoms in total. The van der Waals surface area contributed by atoms with E-state index >= 15 is 0 Å². The molecule has 25 heavy (non-hydrogen) atoms. The highest BCUT2D eigenvalue weighted by molar-refractivity contribution is 8.04. The first-order valence-electron chi connectivity index (χ1n) is 8.01. The van der Waals surface area contributed by atoms with E-state index in [0.29, 0.717) is 18.0 Å². The lowest BCUT2D eigenvalue weighted by Crippen LogP contribution is -2.60. The van der Waals surface area contributed by atoms with Gasteiger partial charge in [-0.15, -0.1) is 11.8 Å². The summed E-state index contributed by atoms with van der Waals surface area (Å²) in [5, 5.41) is 9.48. The van der Waals surface area contributed by atoms with Gasteiger partial charge in [-0.25, -0.2) is 4.79 Å². The largest absolute Gasteiger partial charge is 0.457 e. The molecule has 0 saturated carbocycles. The van der Waals surface area contributed by atoms with E-state index in [4.69, 9.17) is 10.5 Å². The summed E-state index contributed by atoms with van der Waals surface area (Å²) in [5.74, 6) is -1.94. The van der Waals surface area contributed by atoms with E-state index in [0.717, 1.165) is 0 Å². The first-order chi connectivity index (χ1) is 11.8. The Morgan fingerprint density at radius 2 is 2.24 bits per heavy atom. The average Bonchev–Trinajstić information content (AvgIpc) is 2.85. The van der Waals surface area contributed by atoms with E-state index in [-0.39, 0.29) is 30.1 Å². The van der Waals surface area contributed by atoms with Gasteiger partial charge in [0.15, 0.2) is 0 Å². The van der Waals surface area contributed by atoms with E-state index < -0.39 is 23.9 Å².